The largest absolute Gasteiger partial charge is 0.392 e. The summed E-state index contributed by atoms with van der Waals surface area (Å²) in [5.74, 6) is 0.154. The van der Waals surface area contributed by atoms with E-state index in [0.717, 1.165) is 11.3 Å². The van der Waals surface area contributed by atoms with Crippen molar-refractivity contribution in [2.24, 2.45) is 11.3 Å². The standard InChI is InChI=1S/C19H33N3O2/c1-13(2)17(23)19(5,6)12-21-18(24)20-11-15-8-7-9-16(10-15)22-14(3)4/h7-10,13-14,17,22-23H,11-12H2,1-6H3,(H2,20,21,24). The van der Waals surface area contributed by atoms with Crippen LogP contribution in [0.3, 0.4) is 0 Å². The van der Waals surface area contributed by atoms with Gasteiger partial charge in [-0.2, -0.15) is 0 Å². The number of carbonyl (C=O) groups is 1. The van der Waals surface area contributed by atoms with E-state index in [1.165, 1.54) is 0 Å². The highest BCUT2D eigenvalue weighted by atomic mass is 16.3. The number of rotatable bonds is 8. The lowest BCUT2D eigenvalue weighted by atomic mass is 9.81. The van der Waals surface area contributed by atoms with Crippen molar-refractivity contribution in [3.8, 4) is 0 Å². The molecule has 0 saturated carbocycles. The molecule has 0 aliphatic heterocycles. The number of aliphatic hydroxyl groups excluding tert-OH is 1. The zero-order valence-corrected chi connectivity index (χ0v) is 15.8. The van der Waals surface area contributed by atoms with Crippen LogP contribution in [-0.4, -0.2) is 29.8 Å². The van der Waals surface area contributed by atoms with Crippen molar-refractivity contribution in [2.45, 2.75) is 60.2 Å². The lowest BCUT2D eigenvalue weighted by Crippen LogP contribution is -2.46. The smallest absolute Gasteiger partial charge is 0.315 e. The summed E-state index contributed by atoms with van der Waals surface area (Å²) in [5.41, 5.74) is 1.72. The third-order valence-electron chi connectivity index (χ3n) is 3.97. The highest BCUT2D eigenvalue weighted by molar-refractivity contribution is 5.73. The average Bonchev–Trinajstić information content (AvgIpc) is 2.50. The Morgan fingerprint density at radius 1 is 1.17 bits per heavy atom. The number of hydrogen-bond donors (Lipinski definition) is 4. The Kier molecular flexibility index (Phi) is 7.55. The second-order valence-corrected chi connectivity index (χ2v) is 7.71. The second-order valence-electron chi connectivity index (χ2n) is 7.71. The lowest BCUT2D eigenvalue weighted by molar-refractivity contribution is 0.0151. The van der Waals surface area contributed by atoms with Crippen LogP contribution in [0.25, 0.3) is 0 Å². The molecule has 0 spiro atoms. The quantitative estimate of drug-likeness (QED) is 0.589. The molecule has 1 atom stereocenters. The summed E-state index contributed by atoms with van der Waals surface area (Å²) in [4.78, 5) is 12.0. The molecular formula is C19H33N3O2. The number of nitrogens with one attached hydrogen (secondary N) is 3. The van der Waals surface area contributed by atoms with E-state index in [2.05, 4.69) is 29.8 Å². The van der Waals surface area contributed by atoms with Gasteiger partial charge in [-0.1, -0.05) is 39.8 Å². The van der Waals surface area contributed by atoms with Gasteiger partial charge in [0.15, 0.2) is 0 Å². The van der Waals surface area contributed by atoms with Crippen LogP contribution in [0, 0.1) is 11.3 Å². The Bertz CT molecular complexity index is 527. The maximum atomic E-state index is 12.0. The average molecular weight is 335 g/mol. The summed E-state index contributed by atoms with van der Waals surface area (Å²) in [5, 5.41) is 19.3. The van der Waals surface area contributed by atoms with E-state index in [9.17, 15) is 9.90 Å². The zero-order valence-electron chi connectivity index (χ0n) is 15.8. The van der Waals surface area contributed by atoms with Crippen molar-refractivity contribution in [1.29, 1.82) is 0 Å². The van der Waals surface area contributed by atoms with Crippen LogP contribution in [0.5, 0.6) is 0 Å². The highest BCUT2D eigenvalue weighted by Gasteiger charge is 2.30. The zero-order chi connectivity index (χ0) is 18.3. The van der Waals surface area contributed by atoms with E-state index < -0.39 is 6.10 Å². The molecule has 24 heavy (non-hydrogen) atoms. The summed E-state index contributed by atoms with van der Waals surface area (Å²) in [6, 6.07) is 8.15. The van der Waals surface area contributed by atoms with Crippen LogP contribution in [-0.2, 0) is 6.54 Å². The fraction of sp³-hybridized carbons (Fsp3) is 0.632. The minimum absolute atomic E-state index is 0.154. The van der Waals surface area contributed by atoms with Crippen LogP contribution in [0.15, 0.2) is 24.3 Å². The molecule has 2 amide bonds. The van der Waals surface area contributed by atoms with Gasteiger partial charge in [0.05, 0.1) is 6.10 Å². The Morgan fingerprint density at radius 2 is 1.83 bits per heavy atom. The monoisotopic (exact) mass is 335 g/mol. The SMILES string of the molecule is CC(C)Nc1cccc(CNC(=O)NCC(C)(C)C(O)C(C)C)c1. The first kappa shape index (κ1) is 20.3. The third kappa shape index (κ3) is 6.79. The molecule has 0 aliphatic rings. The van der Waals surface area contributed by atoms with Gasteiger partial charge in [-0.3, -0.25) is 0 Å². The minimum Gasteiger partial charge on any atom is -0.392 e. The topological polar surface area (TPSA) is 73.4 Å². The highest BCUT2D eigenvalue weighted by Crippen LogP contribution is 2.24. The third-order valence-corrected chi connectivity index (χ3v) is 3.97. The molecule has 0 bridgehead atoms. The molecule has 1 aromatic rings. The Labute approximate surface area is 146 Å². The van der Waals surface area contributed by atoms with Crippen LogP contribution in [0.2, 0.25) is 0 Å². The summed E-state index contributed by atoms with van der Waals surface area (Å²) in [6.07, 6.45) is -0.461. The Morgan fingerprint density at radius 3 is 2.42 bits per heavy atom. The molecule has 5 heteroatoms. The van der Waals surface area contributed by atoms with Gasteiger partial charge in [-0.25, -0.2) is 4.79 Å². The maximum Gasteiger partial charge on any atom is 0.315 e. The van der Waals surface area contributed by atoms with Crippen LogP contribution in [0.1, 0.15) is 47.1 Å². The number of hydrogen-bond acceptors (Lipinski definition) is 3. The summed E-state index contributed by atoms with van der Waals surface area (Å²) in [7, 11) is 0. The predicted octanol–water partition coefficient (Wildman–Crippen LogP) is 3.35. The summed E-state index contributed by atoms with van der Waals surface area (Å²) in [6.45, 7) is 12.9. The number of anilines is 1. The molecule has 0 saturated heterocycles. The fourth-order valence-corrected chi connectivity index (χ4v) is 2.66. The molecule has 0 aromatic heterocycles. The van der Waals surface area contributed by atoms with Crippen molar-refractivity contribution in [1.82, 2.24) is 10.6 Å². The fourth-order valence-electron chi connectivity index (χ4n) is 2.66. The van der Waals surface area contributed by atoms with E-state index in [4.69, 9.17) is 0 Å². The van der Waals surface area contributed by atoms with Gasteiger partial charge in [0.2, 0.25) is 0 Å². The van der Waals surface area contributed by atoms with Gasteiger partial charge in [0.1, 0.15) is 0 Å². The van der Waals surface area contributed by atoms with Gasteiger partial charge in [0, 0.05) is 30.2 Å². The van der Waals surface area contributed by atoms with Crippen LogP contribution in [0.4, 0.5) is 10.5 Å². The molecule has 5 nitrogen and oxygen atoms in total. The molecule has 1 unspecified atom stereocenters. The van der Waals surface area contributed by atoms with Crippen LogP contribution >= 0.6 is 0 Å². The molecule has 0 heterocycles. The first-order valence-corrected chi connectivity index (χ1v) is 8.67. The van der Waals surface area contributed by atoms with E-state index in [0.29, 0.717) is 19.1 Å². The number of aliphatic hydroxyl groups is 1. The van der Waals surface area contributed by atoms with E-state index in [-0.39, 0.29) is 17.4 Å². The lowest BCUT2D eigenvalue weighted by Gasteiger charge is -2.33. The second kappa shape index (κ2) is 8.92. The van der Waals surface area contributed by atoms with Gasteiger partial charge in [-0.15, -0.1) is 0 Å². The predicted molar refractivity (Wildman–Crippen MR) is 100 cm³/mol. The number of carbonyl (C=O) groups excluding carboxylic acids is 1. The van der Waals surface area contributed by atoms with Crippen molar-refractivity contribution in [3.63, 3.8) is 0 Å². The molecule has 1 rings (SSSR count). The minimum atomic E-state index is -0.461. The summed E-state index contributed by atoms with van der Waals surface area (Å²) < 4.78 is 0. The van der Waals surface area contributed by atoms with Gasteiger partial charge < -0.3 is 21.1 Å². The van der Waals surface area contributed by atoms with E-state index in [1.807, 2.05) is 52.0 Å². The summed E-state index contributed by atoms with van der Waals surface area (Å²) >= 11 is 0. The van der Waals surface area contributed by atoms with Gasteiger partial charge in [0.25, 0.3) is 0 Å². The van der Waals surface area contributed by atoms with Gasteiger partial charge in [-0.05, 0) is 37.5 Å². The molecule has 0 radical (unpaired) electrons. The van der Waals surface area contributed by atoms with E-state index in [1.54, 1.807) is 0 Å². The number of urea groups is 1. The van der Waals surface area contributed by atoms with Gasteiger partial charge >= 0.3 is 6.03 Å². The first-order valence-electron chi connectivity index (χ1n) is 8.67. The molecule has 0 aliphatic carbocycles. The molecule has 4 N–H and O–H groups in total. The molecule has 0 fully saturated rings. The van der Waals surface area contributed by atoms with Crippen LogP contribution < -0.4 is 16.0 Å². The molecule has 136 valence electrons. The molecular weight excluding hydrogens is 302 g/mol. The van der Waals surface area contributed by atoms with Crippen molar-refractivity contribution < 1.29 is 9.90 Å². The van der Waals surface area contributed by atoms with Crippen molar-refractivity contribution in [3.05, 3.63) is 29.8 Å². The number of benzene rings is 1. The number of amides is 2. The normalized spacial score (nSPS) is 13.0. The van der Waals surface area contributed by atoms with Crippen molar-refractivity contribution >= 4 is 11.7 Å². The Balaban J connectivity index is 2.46. The Hall–Kier alpha value is -1.75. The molecule has 1 aromatic carbocycles. The van der Waals surface area contributed by atoms with E-state index >= 15 is 0 Å². The first-order chi connectivity index (χ1) is 11.1. The van der Waals surface area contributed by atoms with Crippen molar-refractivity contribution in [2.75, 3.05) is 11.9 Å². The maximum absolute atomic E-state index is 12.0.